The summed E-state index contributed by atoms with van der Waals surface area (Å²) < 4.78 is 10.4. The third kappa shape index (κ3) is 1.81. The molecule has 1 heterocycles. The van der Waals surface area contributed by atoms with Crippen LogP contribution in [0.5, 0.6) is 0 Å². The second-order valence-corrected chi connectivity index (χ2v) is 5.04. The summed E-state index contributed by atoms with van der Waals surface area (Å²) in [5.41, 5.74) is 0. The van der Waals surface area contributed by atoms with Crippen molar-refractivity contribution in [3.8, 4) is 0 Å². The van der Waals surface area contributed by atoms with Gasteiger partial charge in [-0.25, -0.2) is 0 Å². The van der Waals surface area contributed by atoms with E-state index in [2.05, 4.69) is 13.8 Å². The van der Waals surface area contributed by atoms with Gasteiger partial charge in [-0.3, -0.25) is 9.59 Å². The molecule has 2 fully saturated rings. The molecule has 0 N–H and O–H groups in total. The molecule has 2 aliphatic rings. The highest BCUT2D eigenvalue weighted by Crippen LogP contribution is 2.46. The van der Waals surface area contributed by atoms with E-state index in [1.807, 2.05) is 0 Å². The number of hydrogen-bond acceptors (Lipinski definition) is 4. The summed E-state index contributed by atoms with van der Waals surface area (Å²) in [7, 11) is 0. The van der Waals surface area contributed by atoms with Crippen LogP contribution in [0.1, 0.15) is 27.2 Å². The van der Waals surface area contributed by atoms with Gasteiger partial charge in [0.2, 0.25) is 0 Å². The Kier molecular flexibility index (Phi) is 2.91. The van der Waals surface area contributed by atoms with E-state index in [1.165, 1.54) is 6.92 Å². The molecule has 0 amide bonds. The Morgan fingerprint density at radius 1 is 1.44 bits per heavy atom. The van der Waals surface area contributed by atoms with Gasteiger partial charge in [0, 0.05) is 12.8 Å². The first kappa shape index (κ1) is 11.4. The minimum atomic E-state index is -0.300. The molecule has 90 valence electrons. The van der Waals surface area contributed by atoms with Crippen molar-refractivity contribution in [3.63, 3.8) is 0 Å². The topological polar surface area (TPSA) is 52.6 Å². The predicted octanol–water partition coefficient (Wildman–Crippen LogP) is 1.38. The van der Waals surface area contributed by atoms with Crippen molar-refractivity contribution in [1.29, 1.82) is 0 Å². The van der Waals surface area contributed by atoms with Crippen LogP contribution in [0.3, 0.4) is 0 Å². The number of fused-ring (bicyclic) bond motifs is 2. The number of cyclic esters (lactones) is 1. The number of carbonyl (C=O) groups excluding carboxylic acids is 2. The molecule has 1 saturated carbocycles. The lowest BCUT2D eigenvalue weighted by Gasteiger charge is -2.24. The second kappa shape index (κ2) is 4.07. The predicted molar refractivity (Wildman–Crippen MR) is 56.4 cm³/mol. The smallest absolute Gasteiger partial charge is 0.309 e. The van der Waals surface area contributed by atoms with Crippen LogP contribution in [0.25, 0.3) is 0 Å². The van der Waals surface area contributed by atoms with Crippen molar-refractivity contribution < 1.29 is 19.1 Å². The fourth-order valence-electron chi connectivity index (χ4n) is 3.23. The van der Waals surface area contributed by atoms with Gasteiger partial charge >= 0.3 is 11.9 Å². The highest BCUT2D eigenvalue weighted by atomic mass is 16.6. The van der Waals surface area contributed by atoms with Gasteiger partial charge in [0.15, 0.2) is 0 Å². The average molecular weight is 226 g/mol. The van der Waals surface area contributed by atoms with E-state index >= 15 is 0 Å². The zero-order valence-electron chi connectivity index (χ0n) is 9.93. The van der Waals surface area contributed by atoms with Crippen molar-refractivity contribution >= 4 is 11.9 Å². The fraction of sp³-hybridized carbons (Fsp3) is 0.833. The molecule has 0 aromatic rings. The quantitative estimate of drug-likeness (QED) is 0.634. The van der Waals surface area contributed by atoms with E-state index in [-0.39, 0.29) is 42.4 Å². The highest BCUT2D eigenvalue weighted by molar-refractivity contribution is 5.74. The first-order valence-electron chi connectivity index (χ1n) is 5.84. The summed E-state index contributed by atoms with van der Waals surface area (Å²) >= 11 is 0. The minimum absolute atomic E-state index is 0.0226. The minimum Gasteiger partial charge on any atom is -0.461 e. The monoisotopic (exact) mass is 226 g/mol. The van der Waals surface area contributed by atoms with Crippen LogP contribution in [0.4, 0.5) is 0 Å². The Morgan fingerprint density at radius 3 is 2.75 bits per heavy atom. The Hall–Kier alpha value is -1.06. The van der Waals surface area contributed by atoms with Crippen LogP contribution >= 0.6 is 0 Å². The Morgan fingerprint density at radius 2 is 2.12 bits per heavy atom. The van der Waals surface area contributed by atoms with Crippen LogP contribution in [0.15, 0.2) is 0 Å². The van der Waals surface area contributed by atoms with E-state index in [0.29, 0.717) is 5.92 Å². The largest absolute Gasteiger partial charge is 0.461 e. The molecular formula is C12H18O4. The Labute approximate surface area is 95.3 Å². The van der Waals surface area contributed by atoms with Crippen LogP contribution < -0.4 is 0 Å². The van der Waals surface area contributed by atoms with Gasteiger partial charge in [0.1, 0.15) is 12.7 Å². The lowest BCUT2D eigenvalue weighted by molar-refractivity contribution is -0.161. The van der Waals surface area contributed by atoms with E-state index in [1.54, 1.807) is 0 Å². The standard InChI is InChI=1S/C12H18O4/c1-6-4-9-7(2)11(6)12(14)15-5-10(9)16-8(3)13/h6-7,9-11H,4-5H2,1-3H3. The van der Waals surface area contributed by atoms with Gasteiger partial charge in [0.25, 0.3) is 0 Å². The maximum atomic E-state index is 11.8. The molecule has 0 aromatic heterocycles. The van der Waals surface area contributed by atoms with E-state index in [4.69, 9.17) is 9.47 Å². The summed E-state index contributed by atoms with van der Waals surface area (Å²) in [6.45, 7) is 5.74. The molecule has 2 rings (SSSR count). The van der Waals surface area contributed by atoms with E-state index in [9.17, 15) is 9.59 Å². The van der Waals surface area contributed by atoms with Gasteiger partial charge in [0.05, 0.1) is 5.92 Å². The molecule has 5 atom stereocenters. The SMILES string of the molecule is CC(=O)OC1COC(=O)C2C(C)CC1C2C. The third-order valence-corrected chi connectivity index (χ3v) is 3.96. The van der Waals surface area contributed by atoms with Crippen LogP contribution in [0.2, 0.25) is 0 Å². The molecule has 1 saturated heterocycles. The van der Waals surface area contributed by atoms with E-state index < -0.39 is 0 Å². The molecule has 5 unspecified atom stereocenters. The summed E-state index contributed by atoms with van der Waals surface area (Å²) in [6, 6.07) is 0. The molecule has 4 heteroatoms. The number of rotatable bonds is 1. The van der Waals surface area contributed by atoms with Crippen molar-refractivity contribution in [1.82, 2.24) is 0 Å². The molecule has 0 radical (unpaired) electrons. The lowest BCUT2D eigenvalue weighted by atomic mass is 9.88. The van der Waals surface area contributed by atoms with Crippen LogP contribution in [-0.4, -0.2) is 24.6 Å². The van der Waals surface area contributed by atoms with Gasteiger partial charge in [-0.05, 0) is 18.3 Å². The van der Waals surface area contributed by atoms with Gasteiger partial charge in [-0.2, -0.15) is 0 Å². The molecule has 0 spiro atoms. The normalized spacial score (nSPS) is 42.4. The first-order chi connectivity index (χ1) is 7.50. The van der Waals surface area contributed by atoms with E-state index in [0.717, 1.165) is 6.42 Å². The third-order valence-electron chi connectivity index (χ3n) is 3.96. The molecular weight excluding hydrogens is 208 g/mol. The first-order valence-corrected chi connectivity index (χ1v) is 5.84. The maximum Gasteiger partial charge on any atom is 0.309 e. The number of esters is 2. The zero-order chi connectivity index (χ0) is 11.9. The van der Waals surface area contributed by atoms with Crippen molar-refractivity contribution in [2.24, 2.45) is 23.7 Å². The van der Waals surface area contributed by atoms with Gasteiger partial charge in [-0.15, -0.1) is 0 Å². The lowest BCUT2D eigenvalue weighted by Crippen LogP contribution is -2.31. The number of hydrogen-bond donors (Lipinski definition) is 0. The van der Waals surface area contributed by atoms with Crippen molar-refractivity contribution in [2.45, 2.75) is 33.3 Å². The molecule has 16 heavy (non-hydrogen) atoms. The van der Waals surface area contributed by atoms with Crippen LogP contribution in [0, 0.1) is 23.7 Å². The Balaban J connectivity index is 2.19. The Bertz CT molecular complexity index is 312. The average Bonchev–Trinajstić information content (AvgIpc) is 2.42. The molecule has 1 aliphatic carbocycles. The van der Waals surface area contributed by atoms with Gasteiger partial charge in [-0.1, -0.05) is 13.8 Å². The second-order valence-electron chi connectivity index (χ2n) is 5.04. The number of ether oxygens (including phenoxy) is 2. The molecule has 0 aromatic carbocycles. The van der Waals surface area contributed by atoms with Crippen molar-refractivity contribution in [2.75, 3.05) is 6.61 Å². The van der Waals surface area contributed by atoms with Gasteiger partial charge < -0.3 is 9.47 Å². The fourth-order valence-corrected chi connectivity index (χ4v) is 3.23. The number of carbonyl (C=O) groups is 2. The van der Waals surface area contributed by atoms with Crippen LogP contribution in [-0.2, 0) is 19.1 Å². The summed E-state index contributed by atoms with van der Waals surface area (Å²) in [6.07, 6.45) is 0.685. The summed E-state index contributed by atoms with van der Waals surface area (Å²) in [5.74, 6) is 0.379. The molecule has 2 bridgehead atoms. The molecule has 4 nitrogen and oxygen atoms in total. The van der Waals surface area contributed by atoms with Crippen molar-refractivity contribution in [3.05, 3.63) is 0 Å². The zero-order valence-corrected chi connectivity index (χ0v) is 9.93. The maximum absolute atomic E-state index is 11.8. The highest BCUT2D eigenvalue weighted by Gasteiger charge is 2.49. The molecule has 1 aliphatic heterocycles. The summed E-state index contributed by atoms with van der Waals surface area (Å²) in [4.78, 5) is 22.8. The summed E-state index contributed by atoms with van der Waals surface area (Å²) in [5, 5.41) is 0.